The summed E-state index contributed by atoms with van der Waals surface area (Å²) in [6, 6.07) is 9.77. The number of amides is 1. The zero-order chi connectivity index (χ0) is 17.5. The zero-order valence-electron chi connectivity index (χ0n) is 13.5. The Hall–Kier alpha value is -1.95. The number of nitrogens with one attached hydrogen (secondary N) is 1. The summed E-state index contributed by atoms with van der Waals surface area (Å²) in [6.45, 7) is 1.12. The number of amidine groups is 1. The molecule has 0 aliphatic carbocycles. The molecular weight excluding hydrogens is 297 g/mol. The normalized spacial score (nSPS) is 16.3. The lowest BCUT2D eigenvalue weighted by Gasteiger charge is -2.22. The number of aryl methyl sites for hydroxylation is 1. The molecule has 0 aliphatic rings. The van der Waals surface area contributed by atoms with Gasteiger partial charge in [0.15, 0.2) is 5.67 Å². The summed E-state index contributed by atoms with van der Waals surface area (Å²) in [6.07, 6.45) is 0.983. The molecule has 1 amide bonds. The molecule has 1 aromatic carbocycles. The quantitative estimate of drug-likeness (QED) is 0.389. The summed E-state index contributed by atoms with van der Waals surface area (Å²) in [5.74, 6) is -1.59. The maximum absolute atomic E-state index is 13.9. The van der Waals surface area contributed by atoms with E-state index in [9.17, 15) is 14.3 Å². The largest absolute Gasteiger partial charge is 0.393 e. The van der Waals surface area contributed by atoms with Gasteiger partial charge < -0.3 is 16.6 Å². The molecule has 0 spiro atoms. The van der Waals surface area contributed by atoms with Crippen molar-refractivity contribution >= 4 is 11.7 Å². The molecule has 23 heavy (non-hydrogen) atoms. The Balaban J connectivity index is 2.48. The molecule has 6 heteroatoms. The number of halogens is 1. The third kappa shape index (κ3) is 6.78. The molecule has 5 nitrogen and oxygen atoms in total. The summed E-state index contributed by atoms with van der Waals surface area (Å²) >= 11 is 0. The molecule has 128 valence electrons. The molecule has 0 heterocycles. The minimum Gasteiger partial charge on any atom is -0.393 e. The first kappa shape index (κ1) is 19.1. The minimum absolute atomic E-state index is 0.107. The maximum Gasteiger partial charge on any atom is 0.254 e. The van der Waals surface area contributed by atoms with Crippen LogP contribution in [0.2, 0.25) is 0 Å². The number of primary amides is 1. The van der Waals surface area contributed by atoms with Gasteiger partial charge in [-0.25, -0.2) is 4.39 Å². The van der Waals surface area contributed by atoms with Crippen molar-refractivity contribution < 1.29 is 14.3 Å². The van der Waals surface area contributed by atoms with E-state index < -0.39 is 23.6 Å². The van der Waals surface area contributed by atoms with Crippen LogP contribution in [0.5, 0.6) is 0 Å². The number of carbonyl (C=O) groups is 1. The standard InChI is InChI=1S/C17H26FN3O2/c1-17(18,16(21)23)10-9-13(15(19)20)11-14(22)8-7-12-5-3-2-4-6-12/h2-6,13-14,22H,7-11H2,1H3,(H3,19,20)(H2,21,23). The van der Waals surface area contributed by atoms with Gasteiger partial charge in [-0.2, -0.15) is 0 Å². The SMILES string of the molecule is CC(F)(CCC(CC(O)CCc1ccccc1)C(=N)N)C(N)=O. The van der Waals surface area contributed by atoms with E-state index in [2.05, 4.69) is 0 Å². The number of rotatable bonds is 10. The van der Waals surface area contributed by atoms with Crippen LogP contribution in [-0.2, 0) is 11.2 Å². The third-order valence-corrected chi connectivity index (χ3v) is 4.08. The second-order valence-electron chi connectivity index (χ2n) is 6.17. The Morgan fingerprint density at radius 3 is 2.43 bits per heavy atom. The molecule has 0 saturated carbocycles. The first-order valence-corrected chi connectivity index (χ1v) is 7.77. The van der Waals surface area contributed by atoms with Crippen LogP contribution in [0, 0.1) is 11.3 Å². The van der Waals surface area contributed by atoms with Gasteiger partial charge in [-0.05, 0) is 44.6 Å². The zero-order valence-corrected chi connectivity index (χ0v) is 13.5. The van der Waals surface area contributed by atoms with Crippen molar-refractivity contribution in [3.05, 3.63) is 35.9 Å². The summed E-state index contributed by atoms with van der Waals surface area (Å²) in [5, 5.41) is 17.7. The van der Waals surface area contributed by atoms with Crippen LogP contribution in [0.4, 0.5) is 4.39 Å². The van der Waals surface area contributed by atoms with E-state index in [4.69, 9.17) is 16.9 Å². The predicted octanol–water partition coefficient (Wildman–Crippen LogP) is 1.92. The smallest absolute Gasteiger partial charge is 0.254 e. The highest BCUT2D eigenvalue weighted by Gasteiger charge is 2.32. The number of hydrogen-bond acceptors (Lipinski definition) is 3. The monoisotopic (exact) mass is 323 g/mol. The molecule has 1 aromatic rings. The summed E-state index contributed by atoms with van der Waals surface area (Å²) in [7, 11) is 0. The number of aliphatic hydroxyl groups excluding tert-OH is 1. The highest BCUT2D eigenvalue weighted by Crippen LogP contribution is 2.24. The van der Waals surface area contributed by atoms with Gasteiger partial charge in [-0.3, -0.25) is 10.2 Å². The molecule has 3 atom stereocenters. The summed E-state index contributed by atoms with van der Waals surface area (Å²) in [5.41, 5.74) is 9.53. The van der Waals surface area contributed by atoms with Crippen LogP contribution in [0.15, 0.2) is 30.3 Å². The lowest BCUT2D eigenvalue weighted by atomic mass is 9.88. The van der Waals surface area contributed by atoms with Gasteiger partial charge in [-0.15, -0.1) is 0 Å². The number of benzene rings is 1. The van der Waals surface area contributed by atoms with E-state index in [0.29, 0.717) is 6.42 Å². The van der Waals surface area contributed by atoms with Crippen molar-refractivity contribution in [1.82, 2.24) is 0 Å². The van der Waals surface area contributed by atoms with E-state index in [1.165, 1.54) is 0 Å². The number of hydrogen-bond donors (Lipinski definition) is 4. The van der Waals surface area contributed by atoms with Gasteiger partial charge >= 0.3 is 0 Å². The van der Waals surface area contributed by atoms with Crippen molar-refractivity contribution in [2.24, 2.45) is 17.4 Å². The van der Waals surface area contributed by atoms with Gasteiger partial charge in [-0.1, -0.05) is 30.3 Å². The van der Waals surface area contributed by atoms with E-state index in [-0.39, 0.29) is 25.1 Å². The van der Waals surface area contributed by atoms with E-state index in [1.54, 1.807) is 0 Å². The Morgan fingerprint density at radius 1 is 1.30 bits per heavy atom. The summed E-state index contributed by atoms with van der Waals surface area (Å²) < 4.78 is 13.9. The minimum atomic E-state index is -2.12. The van der Waals surface area contributed by atoms with Crippen LogP contribution >= 0.6 is 0 Å². The third-order valence-electron chi connectivity index (χ3n) is 4.08. The Labute approximate surface area is 136 Å². The highest BCUT2D eigenvalue weighted by atomic mass is 19.1. The maximum atomic E-state index is 13.9. The van der Waals surface area contributed by atoms with Crippen molar-refractivity contribution in [1.29, 1.82) is 5.41 Å². The molecule has 3 unspecified atom stereocenters. The van der Waals surface area contributed by atoms with Crippen LogP contribution in [0.1, 0.15) is 38.2 Å². The molecular formula is C17H26FN3O2. The van der Waals surface area contributed by atoms with E-state index >= 15 is 0 Å². The number of carbonyl (C=O) groups excluding carboxylic acids is 1. The van der Waals surface area contributed by atoms with E-state index in [1.807, 2.05) is 30.3 Å². The topological polar surface area (TPSA) is 113 Å². The average molecular weight is 323 g/mol. The second kappa shape index (κ2) is 8.62. The van der Waals surface area contributed by atoms with Gasteiger partial charge in [0.25, 0.3) is 5.91 Å². The predicted molar refractivity (Wildman–Crippen MR) is 88.7 cm³/mol. The van der Waals surface area contributed by atoms with Crippen molar-refractivity contribution in [2.75, 3.05) is 0 Å². The first-order valence-electron chi connectivity index (χ1n) is 7.77. The lowest BCUT2D eigenvalue weighted by Crippen LogP contribution is -2.38. The van der Waals surface area contributed by atoms with Crippen molar-refractivity contribution in [2.45, 2.75) is 50.8 Å². The first-order chi connectivity index (χ1) is 10.7. The van der Waals surface area contributed by atoms with Crippen molar-refractivity contribution in [3.8, 4) is 0 Å². The summed E-state index contributed by atoms with van der Waals surface area (Å²) in [4.78, 5) is 11.0. The average Bonchev–Trinajstić information content (AvgIpc) is 2.50. The number of aliphatic hydroxyl groups is 1. The van der Waals surface area contributed by atoms with Gasteiger partial charge in [0.1, 0.15) is 0 Å². The van der Waals surface area contributed by atoms with Crippen molar-refractivity contribution in [3.63, 3.8) is 0 Å². The van der Waals surface area contributed by atoms with Gasteiger partial charge in [0, 0.05) is 5.92 Å². The molecule has 0 aromatic heterocycles. The number of alkyl halides is 1. The van der Waals surface area contributed by atoms with Gasteiger partial charge in [0.05, 0.1) is 11.9 Å². The molecule has 0 fully saturated rings. The lowest BCUT2D eigenvalue weighted by molar-refractivity contribution is -0.128. The molecule has 0 radical (unpaired) electrons. The Kier molecular flexibility index (Phi) is 7.16. The molecule has 0 bridgehead atoms. The molecule has 0 aliphatic heterocycles. The number of nitrogens with two attached hydrogens (primary N) is 2. The fraction of sp³-hybridized carbons (Fsp3) is 0.529. The van der Waals surface area contributed by atoms with E-state index in [0.717, 1.165) is 18.9 Å². The van der Waals surface area contributed by atoms with Crippen LogP contribution in [0.3, 0.4) is 0 Å². The Bertz CT molecular complexity index is 520. The van der Waals surface area contributed by atoms with Gasteiger partial charge in [0.2, 0.25) is 0 Å². The van der Waals surface area contributed by atoms with Crippen LogP contribution in [0.25, 0.3) is 0 Å². The Morgan fingerprint density at radius 2 is 1.91 bits per heavy atom. The molecule has 0 saturated heterocycles. The van der Waals surface area contributed by atoms with Crippen LogP contribution < -0.4 is 11.5 Å². The molecule has 1 rings (SSSR count). The van der Waals surface area contributed by atoms with Crippen LogP contribution in [-0.4, -0.2) is 28.6 Å². The highest BCUT2D eigenvalue weighted by molar-refractivity contribution is 5.83. The second-order valence-corrected chi connectivity index (χ2v) is 6.17. The fourth-order valence-corrected chi connectivity index (χ4v) is 2.39. The molecule has 6 N–H and O–H groups in total. The fourth-order valence-electron chi connectivity index (χ4n) is 2.39.